The number of hydrogen-bond donors (Lipinski definition) is 1. The summed E-state index contributed by atoms with van der Waals surface area (Å²) in [5.41, 5.74) is 0.551. The molecule has 3 aromatic heterocycles. The van der Waals surface area contributed by atoms with Gasteiger partial charge in [-0.2, -0.15) is 0 Å². The van der Waals surface area contributed by atoms with Crippen LogP contribution in [0.15, 0.2) is 33.9 Å². The van der Waals surface area contributed by atoms with E-state index in [0.29, 0.717) is 47.5 Å². The Labute approximate surface area is 157 Å². The van der Waals surface area contributed by atoms with Crippen molar-refractivity contribution in [2.24, 2.45) is 7.05 Å². The number of halogens is 1. The third-order valence-corrected chi connectivity index (χ3v) is 4.66. The highest BCUT2D eigenvalue weighted by molar-refractivity contribution is 6.30. The summed E-state index contributed by atoms with van der Waals surface area (Å²) < 4.78 is 10.2. The molecule has 140 valence electrons. The molecule has 0 aliphatic rings. The summed E-state index contributed by atoms with van der Waals surface area (Å²) in [6.07, 6.45) is 0. The van der Waals surface area contributed by atoms with E-state index in [4.69, 9.17) is 16.3 Å². The molecule has 1 N–H and O–H groups in total. The van der Waals surface area contributed by atoms with Crippen molar-refractivity contribution in [1.82, 2.24) is 28.7 Å². The molecule has 0 fully saturated rings. The monoisotopic (exact) mass is 388 g/mol. The number of benzene rings is 1. The zero-order valence-electron chi connectivity index (χ0n) is 14.8. The molecular formula is C17H17ClN6O3. The Bertz CT molecular complexity index is 1250. The summed E-state index contributed by atoms with van der Waals surface area (Å²) in [6.45, 7) is 3.27. The van der Waals surface area contributed by atoms with E-state index in [1.807, 2.05) is 19.1 Å². The van der Waals surface area contributed by atoms with Crippen molar-refractivity contribution in [3.05, 3.63) is 50.1 Å². The Morgan fingerprint density at radius 2 is 1.93 bits per heavy atom. The minimum absolute atomic E-state index is 0.344. The van der Waals surface area contributed by atoms with Crippen LogP contribution in [0.1, 0.15) is 6.92 Å². The van der Waals surface area contributed by atoms with Gasteiger partial charge >= 0.3 is 5.69 Å². The van der Waals surface area contributed by atoms with Gasteiger partial charge in [0.1, 0.15) is 0 Å². The minimum Gasteiger partial charge on any atom is -0.380 e. The second kappa shape index (κ2) is 6.67. The molecule has 0 radical (unpaired) electrons. The third kappa shape index (κ3) is 2.75. The van der Waals surface area contributed by atoms with Gasteiger partial charge in [0.25, 0.3) is 5.56 Å². The summed E-state index contributed by atoms with van der Waals surface area (Å²) >= 11 is 5.98. The number of nitrogens with one attached hydrogen (secondary N) is 1. The van der Waals surface area contributed by atoms with Gasteiger partial charge in [0.15, 0.2) is 17.0 Å². The molecule has 0 saturated heterocycles. The molecule has 0 bridgehead atoms. The average Bonchev–Trinajstić information content (AvgIpc) is 3.20. The summed E-state index contributed by atoms with van der Waals surface area (Å²) in [4.78, 5) is 27.1. The molecule has 4 rings (SSSR count). The van der Waals surface area contributed by atoms with Gasteiger partial charge in [-0.25, -0.2) is 9.20 Å². The Hall–Kier alpha value is -2.91. The molecule has 0 aliphatic carbocycles. The maximum atomic E-state index is 12.6. The van der Waals surface area contributed by atoms with Crippen LogP contribution in [0.2, 0.25) is 5.02 Å². The molecule has 0 saturated carbocycles. The lowest BCUT2D eigenvalue weighted by molar-refractivity contribution is 0.140. The van der Waals surface area contributed by atoms with Crippen molar-refractivity contribution < 1.29 is 4.74 Å². The van der Waals surface area contributed by atoms with E-state index in [0.717, 1.165) is 5.56 Å². The molecule has 3 heterocycles. The van der Waals surface area contributed by atoms with Gasteiger partial charge in [0, 0.05) is 30.8 Å². The molecule has 0 aliphatic heterocycles. The number of aryl methyl sites for hydroxylation is 1. The van der Waals surface area contributed by atoms with Crippen molar-refractivity contribution in [3.63, 3.8) is 0 Å². The lowest BCUT2D eigenvalue weighted by Gasteiger charge is -2.05. The van der Waals surface area contributed by atoms with Crippen molar-refractivity contribution in [1.29, 1.82) is 0 Å². The first-order chi connectivity index (χ1) is 13.0. The predicted molar refractivity (Wildman–Crippen MR) is 101 cm³/mol. The number of fused-ring (bicyclic) bond motifs is 3. The maximum Gasteiger partial charge on any atom is 0.329 e. The number of hydrogen-bond acceptors (Lipinski definition) is 5. The van der Waals surface area contributed by atoms with Crippen molar-refractivity contribution in [3.8, 4) is 11.4 Å². The van der Waals surface area contributed by atoms with Crippen LogP contribution in [-0.4, -0.2) is 41.9 Å². The zero-order valence-corrected chi connectivity index (χ0v) is 15.5. The van der Waals surface area contributed by atoms with E-state index in [-0.39, 0.29) is 0 Å². The normalized spacial score (nSPS) is 11.7. The Morgan fingerprint density at radius 3 is 2.63 bits per heavy atom. The molecule has 0 amide bonds. The molecule has 1 aromatic carbocycles. The van der Waals surface area contributed by atoms with Gasteiger partial charge in [-0.1, -0.05) is 11.6 Å². The Balaban J connectivity index is 2.08. The molecule has 0 atom stereocenters. The molecular weight excluding hydrogens is 372 g/mol. The number of aromatic nitrogens is 6. The first kappa shape index (κ1) is 17.5. The highest BCUT2D eigenvalue weighted by Crippen LogP contribution is 2.25. The van der Waals surface area contributed by atoms with Crippen LogP contribution in [0.3, 0.4) is 0 Å². The van der Waals surface area contributed by atoms with Gasteiger partial charge in [-0.15, -0.1) is 10.2 Å². The van der Waals surface area contributed by atoms with E-state index < -0.39 is 11.2 Å². The van der Waals surface area contributed by atoms with Crippen molar-refractivity contribution >= 4 is 28.5 Å². The Kier molecular flexibility index (Phi) is 4.33. The Morgan fingerprint density at radius 1 is 1.19 bits per heavy atom. The topological polar surface area (TPSA) is 99.2 Å². The zero-order chi connectivity index (χ0) is 19.1. The van der Waals surface area contributed by atoms with Crippen molar-refractivity contribution in [2.75, 3.05) is 13.2 Å². The molecule has 4 aromatic rings. The molecule has 9 nitrogen and oxygen atoms in total. The number of aromatic amines is 1. The fourth-order valence-corrected chi connectivity index (χ4v) is 3.27. The van der Waals surface area contributed by atoms with Gasteiger partial charge in [0.05, 0.1) is 6.61 Å². The first-order valence-corrected chi connectivity index (χ1v) is 8.81. The van der Waals surface area contributed by atoms with E-state index in [1.54, 1.807) is 28.1 Å². The van der Waals surface area contributed by atoms with Crippen molar-refractivity contribution in [2.45, 2.75) is 13.5 Å². The smallest absolute Gasteiger partial charge is 0.329 e. The summed E-state index contributed by atoms with van der Waals surface area (Å²) in [5, 5.41) is 9.14. The number of H-pyrrole nitrogens is 1. The fourth-order valence-electron chi connectivity index (χ4n) is 3.14. The van der Waals surface area contributed by atoms with Crippen LogP contribution in [-0.2, 0) is 18.3 Å². The number of imidazole rings is 1. The van der Waals surface area contributed by atoms with Crippen LogP contribution in [0.4, 0.5) is 0 Å². The van der Waals surface area contributed by atoms with Crippen LogP contribution >= 0.6 is 11.6 Å². The van der Waals surface area contributed by atoms with Crippen LogP contribution < -0.4 is 11.2 Å². The van der Waals surface area contributed by atoms with Gasteiger partial charge < -0.3 is 9.30 Å². The largest absolute Gasteiger partial charge is 0.380 e. The SMILES string of the molecule is CCOCCn1c2c(=O)[nH]c(=O)n(C)c2n2c(-c3ccc(Cl)cc3)nnc12. The van der Waals surface area contributed by atoms with Crippen LogP contribution in [0.5, 0.6) is 0 Å². The summed E-state index contributed by atoms with van der Waals surface area (Å²) in [6, 6.07) is 7.12. The molecule has 0 unspecified atom stereocenters. The lowest BCUT2D eigenvalue weighted by atomic mass is 10.2. The number of ether oxygens (including phenoxy) is 1. The minimum atomic E-state index is -0.507. The lowest BCUT2D eigenvalue weighted by Crippen LogP contribution is -2.29. The fraction of sp³-hybridized carbons (Fsp3) is 0.294. The van der Waals surface area contributed by atoms with Gasteiger partial charge in [0.2, 0.25) is 5.78 Å². The molecule has 10 heteroatoms. The highest BCUT2D eigenvalue weighted by Gasteiger charge is 2.22. The average molecular weight is 389 g/mol. The quantitative estimate of drug-likeness (QED) is 0.521. The van der Waals surface area contributed by atoms with E-state index in [9.17, 15) is 9.59 Å². The molecule has 27 heavy (non-hydrogen) atoms. The van der Waals surface area contributed by atoms with E-state index >= 15 is 0 Å². The number of rotatable bonds is 5. The molecule has 0 spiro atoms. The standard InChI is InChI=1S/C17H17ClN6O3/c1-3-27-9-8-23-12-14(25)19-17(26)22(2)15(12)24-13(20-21-16(23)24)10-4-6-11(18)7-5-10/h4-7H,3,8-9H2,1-2H3,(H,19,25,26). The van der Waals surface area contributed by atoms with E-state index in [2.05, 4.69) is 15.2 Å². The van der Waals surface area contributed by atoms with E-state index in [1.165, 1.54) is 4.57 Å². The van der Waals surface area contributed by atoms with Gasteiger partial charge in [-0.05, 0) is 31.2 Å². The summed E-state index contributed by atoms with van der Waals surface area (Å²) in [7, 11) is 1.60. The maximum absolute atomic E-state index is 12.6. The number of nitrogens with zero attached hydrogens (tertiary/aromatic N) is 5. The second-order valence-electron chi connectivity index (χ2n) is 6.00. The second-order valence-corrected chi connectivity index (χ2v) is 6.44. The highest BCUT2D eigenvalue weighted by atomic mass is 35.5. The van der Waals surface area contributed by atoms with Crippen LogP contribution in [0, 0.1) is 0 Å². The predicted octanol–water partition coefficient (Wildman–Crippen LogP) is 1.43. The van der Waals surface area contributed by atoms with Crippen LogP contribution in [0.25, 0.3) is 28.3 Å². The van der Waals surface area contributed by atoms with Gasteiger partial charge in [-0.3, -0.25) is 14.3 Å². The first-order valence-electron chi connectivity index (χ1n) is 8.43. The summed E-state index contributed by atoms with van der Waals surface area (Å²) in [5.74, 6) is 0.976. The third-order valence-electron chi connectivity index (χ3n) is 4.40.